The monoisotopic (exact) mass is 155 g/mol. The van der Waals surface area contributed by atoms with Gasteiger partial charge in [-0.25, -0.2) is 0 Å². The molecule has 1 aliphatic carbocycles. The van der Waals surface area contributed by atoms with E-state index in [1.54, 1.807) is 0 Å². The first-order valence-electron chi connectivity index (χ1n) is 4.97. The summed E-state index contributed by atoms with van der Waals surface area (Å²) in [5.41, 5.74) is 0. The van der Waals surface area contributed by atoms with Crippen LogP contribution in [0.4, 0.5) is 0 Å². The van der Waals surface area contributed by atoms with Crippen LogP contribution in [-0.4, -0.2) is 12.6 Å². The zero-order chi connectivity index (χ0) is 8.27. The van der Waals surface area contributed by atoms with Gasteiger partial charge in [-0.15, -0.1) is 0 Å². The summed E-state index contributed by atoms with van der Waals surface area (Å²) in [6.07, 6.45) is 4.10. The molecule has 1 aliphatic rings. The Morgan fingerprint density at radius 2 is 2.00 bits per heavy atom. The van der Waals surface area contributed by atoms with Crippen LogP contribution < -0.4 is 5.32 Å². The van der Waals surface area contributed by atoms with Crippen molar-refractivity contribution in [3.63, 3.8) is 0 Å². The zero-order valence-corrected chi connectivity index (χ0v) is 8.06. The Labute approximate surface area is 70.6 Å². The molecular formula is C10H21N. The van der Waals surface area contributed by atoms with Gasteiger partial charge in [0.1, 0.15) is 0 Å². The summed E-state index contributed by atoms with van der Waals surface area (Å²) < 4.78 is 0. The van der Waals surface area contributed by atoms with Gasteiger partial charge < -0.3 is 5.32 Å². The van der Waals surface area contributed by atoms with Gasteiger partial charge in [0.25, 0.3) is 0 Å². The third-order valence-electron chi connectivity index (χ3n) is 2.80. The zero-order valence-electron chi connectivity index (χ0n) is 8.06. The van der Waals surface area contributed by atoms with E-state index in [-0.39, 0.29) is 0 Å². The maximum atomic E-state index is 3.55. The molecule has 0 unspecified atom stereocenters. The Kier molecular flexibility index (Phi) is 3.38. The first-order valence-corrected chi connectivity index (χ1v) is 4.97. The Morgan fingerprint density at radius 3 is 2.45 bits per heavy atom. The highest BCUT2D eigenvalue weighted by molar-refractivity contribution is 4.86. The van der Waals surface area contributed by atoms with Gasteiger partial charge in [-0.1, -0.05) is 20.8 Å². The van der Waals surface area contributed by atoms with E-state index in [2.05, 4.69) is 26.1 Å². The molecule has 0 aromatic carbocycles. The van der Waals surface area contributed by atoms with E-state index in [1.165, 1.54) is 25.8 Å². The molecule has 1 fully saturated rings. The molecule has 0 aromatic rings. The van der Waals surface area contributed by atoms with Crippen LogP contribution in [0.3, 0.4) is 0 Å². The van der Waals surface area contributed by atoms with Crippen molar-refractivity contribution < 1.29 is 0 Å². The topological polar surface area (TPSA) is 12.0 Å². The molecule has 0 spiro atoms. The lowest BCUT2D eigenvalue weighted by atomic mass is 9.74. The molecule has 0 heterocycles. The Hall–Kier alpha value is -0.0400. The maximum Gasteiger partial charge on any atom is 0.00725 e. The highest BCUT2D eigenvalue weighted by atomic mass is 14.9. The van der Waals surface area contributed by atoms with Crippen molar-refractivity contribution in [1.29, 1.82) is 0 Å². The molecule has 1 saturated carbocycles. The second-order valence-corrected chi connectivity index (χ2v) is 4.13. The van der Waals surface area contributed by atoms with Crippen LogP contribution in [-0.2, 0) is 0 Å². The summed E-state index contributed by atoms with van der Waals surface area (Å²) >= 11 is 0. The fourth-order valence-electron chi connectivity index (χ4n) is 1.72. The van der Waals surface area contributed by atoms with Gasteiger partial charge in [-0.3, -0.25) is 0 Å². The largest absolute Gasteiger partial charge is 0.314 e. The molecule has 0 aliphatic heterocycles. The maximum absolute atomic E-state index is 3.55. The summed E-state index contributed by atoms with van der Waals surface area (Å²) in [7, 11) is 0. The molecule has 1 N–H and O–H groups in total. The highest BCUT2D eigenvalue weighted by Gasteiger charge is 2.30. The third-order valence-corrected chi connectivity index (χ3v) is 2.80. The first-order chi connectivity index (χ1) is 5.24. The first kappa shape index (κ1) is 9.05. The van der Waals surface area contributed by atoms with Crippen LogP contribution in [0, 0.1) is 11.8 Å². The third kappa shape index (κ3) is 2.48. The molecule has 0 atom stereocenters. The van der Waals surface area contributed by atoms with Gasteiger partial charge >= 0.3 is 0 Å². The molecule has 1 nitrogen and oxygen atoms in total. The van der Waals surface area contributed by atoms with Gasteiger partial charge in [0.2, 0.25) is 0 Å². The number of hydrogen-bond acceptors (Lipinski definition) is 1. The summed E-state index contributed by atoms with van der Waals surface area (Å²) in [4.78, 5) is 0. The van der Waals surface area contributed by atoms with Crippen molar-refractivity contribution in [3.8, 4) is 0 Å². The molecular weight excluding hydrogens is 134 g/mol. The van der Waals surface area contributed by atoms with Crippen LogP contribution in [0.1, 0.15) is 40.0 Å². The van der Waals surface area contributed by atoms with E-state index in [4.69, 9.17) is 0 Å². The molecule has 0 radical (unpaired) electrons. The van der Waals surface area contributed by atoms with Crippen LogP contribution >= 0.6 is 0 Å². The second-order valence-electron chi connectivity index (χ2n) is 4.13. The average molecular weight is 155 g/mol. The molecule has 0 bridgehead atoms. The number of nitrogens with one attached hydrogen (secondary N) is 1. The quantitative estimate of drug-likeness (QED) is 0.657. The predicted octanol–water partition coefficient (Wildman–Crippen LogP) is 2.42. The fraction of sp³-hybridized carbons (Fsp3) is 1.00. The summed E-state index contributed by atoms with van der Waals surface area (Å²) in [5.74, 6) is 1.90. The molecule has 1 heteroatoms. The van der Waals surface area contributed by atoms with E-state index in [0.717, 1.165) is 17.9 Å². The van der Waals surface area contributed by atoms with Crippen molar-refractivity contribution in [1.82, 2.24) is 5.32 Å². The molecule has 11 heavy (non-hydrogen) atoms. The van der Waals surface area contributed by atoms with E-state index in [1.807, 2.05) is 0 Å². The molecule has 1 rings (SSSR count). The van der Waals surface area contributed by atoms with Crippen LogP contribution in [0.15, 0.2) is 0 Å². The molecule has 0 aromatic heterocycles. The number of rotatable bonds is 4. The van der Waals surface area contributed by atoms with Crippen molar-refractivity contribution in [2.24, 2.45) is 11.8 Å². The smallest absolute Gasteiger partial charge is 0.00725 e. The van der Waals surface area contributed by atoms with E-state index >= 15 is 0 Å². The molecule has 0 amide bonds. The molecule has 66 valence electrons. The highest BCUT2D eigenvalue weighted by Crippen LogP contribution is 2.33. The van der Waals surface area contributed by atoms with Crippen molar-refractivity contribution in [2.75, 3.05) is 6.54 Å². The normalized spacial score (nSPS) is 30.5. The SMILES string of the molecule is CCCNC1CC(C(C)C)C1. The second kappa shape index (κ2) is 4.10. The molecule has 0 saturated heterocycles. The van der Waals surface area contributed by atoms with Crippen molar-refractivity contribution in [2.45, 2.75) is 46.1 Å². The summed E-state index contributed by atoms with van der Waals surface area (Å²) in [6.45, 7) is 8.10. The van der Waals surface area contributed by atoms with Crippen LogP contribution in [0.25, 0.3) is 0 Å². The average Bonchev–Trinajstić information content (AvgIpc) is 1.84. The lowest BCUT2D eigenvalue weighted by Crippen LogP contribution is -2.43. The Morgan fingerprint density at radius 1 is 1.36 bits per heavy atom. The minimum Gasteiger partial charge on any atom is -0.314 e. The van der Waals surface area contributed by atoms with Gasteiger partial charge in [0.05, 0.1) is 0 Å². The lowest BCUT2D eigenvalue weighted by molar-refractivity contribution is 0.169. The van der Waals surface area contributed by atoms with Crippen molar-refractivity contribution in [3.05, 3.63) is 0 Å². The standard InChI is InChI=1S/C10H21N/c1-4-5-11-10-6-9(7-10)8(2)3/h8-11H,4-7H2,1-3H3. The van der Waals surface area contributed by atoms with Gasteiger partial charge in [0, 0.05) is 6.04 Å². The predicted molar refractivity (Wildman–Crippen MR) is 49.6 cm³/mol. The van der Waals surface area contributed by atoms with E-state index in [0.29, 0.717) is 0 Å². The van der Waals surface area contributed by atoms with Crippen LogP contribution in [0.5, 0.6) is 0 Å². The Balaban J connectivity index is 2.00. The number of hydrogen-bond donors (Lipinski definition) is 1. The Bertz CT molecular complexity index is 103. The summed E-state index contributed by atoms with van der Waals surface area (Å²) in [6, 6.07) is 0.849. The van der Waals surface area contributed by atoms with Gasteiger partial charge in [-0.2, -0.15) is 0 Å². The fourth-order valence-corrected chi connectivity index (χ4v) is 1.72. The van der Waals surface area contributed by atoms with E-state index < -0.39 is 0 Å². The van der Waals surface area contributed by atoms with Gasteiger partial charge in [-0.05, 0) is 37.6 Å². The van der Waals surface area contributed by atoms with Crippen LogP contribution in [0.2, 0.25) is 0 Å². The van der Waals surface area contributed by atoms with E-state index in [9.17, 15) is 0 Å². The lowest BCUT2D eigenvalue weighted by Gasteiger charge is -2.38. The van der Waals surface area contributed by atoms with Crippen molar-refractivity contribution >= 4 is 0 Å². The van der Waals surface area contributed by atoms with Gasteiger partial charge in [0.15, 0.2) is 0 Å². The minimum atomic E-state index is 0.849. The summed E-state index contributed by atoms with van der Waals surface area (Å²) in [5, 5.41) is 3.55. The minimum absolute atomic E-state index is 0.849.